The average molecular weight is 571 g/mol. The summed E-state index contributed by atoms with van der Waals surface area (Å²) in [4.78, 5) is 22.0. The molecule has 8 rings (SSSR count). The first-order chi connectivity index (χ1) is 21.1. The second-order valence-corrected chi connectivity index (χ2v) is 12.0. The summed E-state index contributed by atoms with van der Waals surface area (Å²) < 4.78 is 0. The molecule has 0 radical (unpaired) electrons. The van der Waals surface area contributed by atoms with Gasteiger partial charge in [-0.05, 0) is 62.4 Å². The minimum absolute atomic E-state index is 0.938. The number of nitrogens with zero attached hydrogens (tertiary/aromatic N) is 4. The van der Waals surface area contributed by atoms with Crippen LogP contribution in [0.25, 0.3) is 66.1 Å². The van der Waals surface area contributed by atoms with Gasteiger partial charge in [-0.3, -0.25) is 9.97 Å². The van der Waals surface area contributed by atoms with E-state index in [1.165, 1.54) is 4.90 Å². The summed E-state index contributed by atoms with van der Waals surface area (Å²) in [6.45, 7) is 4.04. The Morgan fingerprint density at radius 2 is 0.860 bits per heavy atom. The average Bonchev–Trinajstić information content (AvgIpc) is 3.04. The van der Waals surface area contributed by atoms with Crippen LogP contribution in [-0.4, -0.2) is 19.9 Å². The zero-order valence-corrected chi connectivity index (χ0v) is 24.6. The second-order valence-electron chi connectivity index (χ2n) is 10.9. The van der Waals surface area contributed by atoms with E-state index in [-0.39, 0.29) is 0 Å². The maximum atomic E-state index is 5.07. The van der Waals surface area contributed by atoms with Gasteiger partial charge in [-0.15, -0.1) is 0 Å². The number of benzene rings is 4. The molecule has 8 aromatic rings. The summed E-state index contributed by atoms with van der Waals surface area (Å²) in [6, 6.07) is 42.4. The number of hydrogen-bond acceptors (Lipinski definition) is 5. The van der Waals surface area contributed by atoms with Gasteiger partial charge in [-0.25, -0.2) is 9.97 Å². The maximum Gasteiger partial charge on any atom is 0.0972 e. The number of pyridine rings is 4. The zero-order chi connectivity index (χ0) is 28.9. The molecule has 4 aromatic heterocycles. The van der Waals surface area contributed by atoms with Crippen LogP contribution in [0.2, 0.25) is 0 Å². The molecule has 0 spiro atoms. The molecule has 0 fully saturated rings. The Morgan fingerprint density at radius 3 is 1.42 bits per heavy atom. The molecule has 0 N–H and O–H groups in total. The van der Waals surface area contributed by atoms with E-state index < -0.39 is 0 Å². The zero-order valence-electron chi connectivity index (χ0n) is 23.7. The molecule has 204 valence electrons. The molecule has 4 heterocycles. The molecule has 5 heteroatoms. The summed E-state index contributed by atoms with van der Waals surface area (Å²) in [7, 11) is 0. The van der Waals surface area contributed by atoms with Gasteiger partial charge >= 0.3 is 0 Å². The Bertz CT molecular complexity index is 2350. The van der Waals surface area contributed by atoms with E-state index >= 15 is 0 Å². The third-order valence-electron chi connectivity index (χ3n) is 7.83. The molecule has 0 aliphatic rings. The molecule has 4 aromatic carbocycles. The van der Waals surface area contributed by atoms with Gasteiger partial charge in [0.05, 0.1) is 33.5 Å². The van der Waals surface area contributed by atoms with Crippen LogP contribution in [0.3, 0.4) is 0 Å². The summed E-state index contributed by atoms with van der Waals surface area (Å²) in [5.41, 5.74) is 9.83. The predicted molar refractivity (Wildman–Crippen MR) is 179 cm³/mol. The lowest BCUT2D eigenvalue weighted by atomic mass is 10.1. The van der Waals surface area contributed by atoms with E-state index in [2.05, 4.69) is 109 Å². The quantitative estimate of drug-likeness (QED) is 0.197. The lowest BCUT2D eigenvalue weighted by Crippen LogP contribution is -1.90. The number of hydrogen-bond donors (Lipinski definition) is 0. The fraction of sp³-hybridized carbons (Fsp3) is 0.0526. The monoisotopic (exact) mass is 570 g/mol. The molecule has 43 heavy (non-hydrogen) atoms. The summed E-state index contributed by atoms with van der Waals surface area (Å²) >= 11 is 1.74. The van der Waals surface area contributed by atoms with Crippen LogP contribution in [0.5, 0.6) is 0 Å². The highest BCUT2D eigenvalue weighted by atomic mass is 32.2. The van der Waals surface area contributed by atoms with Gasteiger partial charge in [0.15, 0.2) is 0 Å². The van der Waals surface area contributed by atoms with Crippen LogP contribution in [0, 0.1) is 13.8 Å². The summed E-state index contributed by atoms with van der Waals surface area (Å²) in [6.07, 6.45) is 0. The third-order valence-corrected chi connectivity index (χ3v) is 8.83. The van der Waals surface area contributed by atoms with Crippen LogP contribution in [0.15, 0.2) is 131 Å². The van der Waals surface area contributed by atoms with Gasteiger partial charge in [0.2, 0.25) is 0 Å². The van der Waals surface area contributed by atoms with Crippen molar-refractivity contribution in [2.45, 2.75) is 23.6 Å². The van der Waals surface area contributed by atoms with Gasteiger partial charge in [0.1, 0.15) is 0 Å². The van der Waals surface area contributed by atoms with Crippen LogP contribution in [0.1, 0.15) is 11.4 Å². The van der Waals surface area contributed by atoms with Crippen LogP contribution < -0.4 is 0 Å². The standard InChI is InChI=1S/C38H26N4S/c1-23-6-8-26-10-12-28-16-20-33(41-37(28)35(26)39-23)25-14-18-31(19-15-25)43-32-5-3-4-30(22-32)34-21-17-29-13-11-27-9-7-24(2)40-36(27)38(29)42-34/h3-22H,1-2H3. The number of aryl methyl sites for hydroxylation is 2. The number of rotatable bonds is 4. The van der Waals surface area contributed by atoms with Crippen molar-refractivity contribution in [2.24, 2.45) is 0 Å². The molecule has 0 aliphatic carbocycles. The second kappa shape index (κ2) is 10.3. The number of fused-ring (bicyclic) bond motifs is 6. The first-order valence-corrected chi connectivity index (χ1v) is 15.1. The molecule has 0 aliphatic heterocycles. The molecule has 0 bridgehead atoms. The lowest BCUT2D eigenvalue weighted by molar-refractivity contribution is 1.25. The number of aromatic nitrogens is 4. The van der Waals surface area contributed by atoms with Crippen molar-refractivity contribution < 1.29 is 0 Å². The molecule has 0 atom stereocenters. The van der Waals surface area contributed by atoms with Crippen molar-refractivity contribution in [3.63, 3.8) is 0 Å². The Kier molecular flexibility index (Phi) is 6.12. The smallest absolute Gasteiger partial charge is 0.0972 e. The predicted octanol–water partition coefficient (Wildman–Crippen LogP) is 9.98. The van der Waals surface area contributed by atoms with Crippen LogP contribution >= 0.6 is 11.8 Å². The van der Waals surface area contributed by atoms with Crippen molar-refractivity contribution in [3.8, 4) is 22.5 Å². The van der Waals surface area contributed by atoms with E-state index in [1.807, 2.05) is 26.0 Å². The Morgan fingerprint density at radius 1 is 0.395 bits per heavy atom. The van der Waals surface area contributed by atoms with Crippen LogP contribution in [0.4, 0.5) is 0 Å². The van der Waals surface area contributed by atoms with Crippen LogP contribution in [-0.2, 0) is 0 Å². The molecular formula is C38H26N4S. The van der Waals surface area contributed by atoms with Crippen molar-refractivity contribution >= 4 is 55.4 Å². The molecule has 4 nitrogen and oxygen atoms in total. The Balaban J connectivity index is 1.09. The lowest BCUT2D eigenvalue weighted by Gasteiger charge is -2.09. The van der Waals surface area contributed by atoms with Gasteiger partial charge in [0, 0.05) is 53.9 Å². The molecule has 0 saturated heterocycles. The molecule has 0 unspecified atom stereocenters. The van der Waals surface area contributed by atoms with E-state index in [1.54, 1.807) is 11.8 Å². The highest BCUT2D eigenvalue weighted by Crippen LogP contribution is 2.34. The fourth-order valence-electron chi connectivity index (χ4n) is 5.60. The van der Waals surface area contributed by atoms with Gasteiger partial charge in [0.25, 0.3) is 0 Å². The third kappa shape index (κ3) is 4.78. The first kappa shape index (κ1) is 25.6. The first-order valence-electron chi connectivity index (χ1n) is 14.3. The highest BCUT2D eigenvalue weighted by molar-refractivity contribution is 7.99. The van der Waals surface area contributed by atoms with Gasteiger partial charge in [-0.2, -0.15) is 0 Å². The van der Waals surface area contributed by atoms with E-state index in [0.29, 0.717) is 0 Å². The molecule has 0 amide bonds. The molecular weight excluding hydrogens is 545 g/mol. The summed E-state index contributed by atoms with van der Waals surface area (Å²) in [5, 5.41) is 4.41. The van der Waals surface area contributed by atoms with Gasteiger partial charge in [-0.1, -0.05) is 84.6 Å². The van der Waals surface area contributed by atoms with Crippen molar-refractivity contribution in [1.82, 2.24) is 19.9 Å². The Hall–Kier alpha value is -5.13. The maximum absolute atomic E-state index is 5.07. The van der Waals surface area contributed by atoms with Crippen molar-refractivity contribution in [2.75, 3.05) is 0 Å². The van der Waals surface area contributed by atoms with Crippen molar-refractivity contribution in [3.05, 3.63) is 133 Å². The minimum atomic E-state index is 0.938. The van der Waals surface area contributed by atoms with E-state index in [9.17, 15) is 0 Å². The van der Waals surface area contributed by atoms with E-state index in [4.69, 9.17) is 19.9 Å². The topological polar surface area (TPSA) is 51.6 Å². The van der Waals surface area contributed by atoms with E-state index in [0.717, 1.165) is 82.4 Å². The van der Waals surface area contributed by atoms with Gasteiger partial charge < -0.3 is 0 Å². The fourth-order valence-corrected chi connectivity index (χ4v) is 6.48. The summed E-state index contributed by atoms with van der Waals surface area (Å²) in [5.74, 6) is 0. The molecule has 0 saturated carbocycles. The Labute approximate surface area is 253 Å². The van der Waals surface area contributed by atoms with Crippen molar-refractivity contribution in [1.29, 1.82) is 0 Å². The highest BCUT2D eigenvalue weighted by Gasteiger charge is 2.10. The normalized spacial score (nSPS) is 11.6. The minimum Gasteiger partial charge on any atom is -0.251 e. The SMILES string of the molecule is Cc1ccc2ccc3ccc(-c4ccc(Sc5cccc(-c6ccc7ccc8ccc(C)nc8c7n6)c5)cc4)nc3c2n1. The largest absolute Gasteiger partial charge is 0.251 e.